The number of amides is 2. The molecule has 0 bridgehead atoms. The number of nitrogens with one attached hydrogen (secondary N) is 3. The zero-order valence-electron chi connectivity index (χ0n) is 15.4. The fraction of sp³-hybridized carbons (Fsp3) is 0.0952. The first kappa shape index (κ1) is 19.4. The lowest BCUT2D eigenvalue weighted by molar-refractivity contribution is -0.114. The number of pyridine rings is 1. The molecule has 0 spiro atoms. The van der Waals surface area contributed by atoms with E-state index < -0.39 is 0 Å². The summed E-state index contributed by atoms with van der Waals surface area (Å²) >= 11 is 6.13. The van der Waals surface area contributed by atoms with Crippen molar-refractivity contribution in [1.82, 2.24) is 4.98 Å². The molecule has 0 atom stereocenters. The quantitative estimate of drug-likeness (QED) is 0.568. The molecule has 6 nitrogen and oxygen atoms in total. The molecule has 0 aliphatic carbocycles. The number of carbonyl (C=O) groups excluding carboxylic acids is 2. The van der Waals surface area contributed by atoms with Crippen molar-refractivity contribution in [2.24, 2.45) is 0 Å². The largest absolute Gasteiger partial charge is 0.340 e. The molecule has 142 valence electrons. The van der Waals surface area contributed by atoms with E-state index in [1.807, 2.05) is 25.1 Å². The molecule has 0 unspecified atom stereocenters. The van der Waals surface area contributed by atoms with Crippen molar-refractivity contribution in [3.63, 3.8) is 0 Å². The van der Waals surface area contributed by atoms with Crippen LogP contribution in [0.4, 0.5) is 22.9 Å². The third-order valence-electron chi connectivity index (χ3n) is 4.00. The van der Waals surface area contributed by atoms with E-state index in [1.165, 1.54) is 13.1 Å². The number of carbonyl (C=O) groups is 2. The van der Waals surface area contributed by atoms with Crippen LogP contribution in [0.2, 0.25) is 5.02 Å². The molecule has 3 aromatic rings. The molecule has 0 saturated carbocycles. The lowest BCUT2D eigenvalue weighted by Crippen LogP contribution is -2.13. The molecule has 0 aliphatic rings. The van der Waals surface area contributed by atoms with Gasteiger partial charge in [-0.25, -0.2) is 4.98 Å². The number of aromatic nitrogens is 1. The zero-order valence-corrected chi connectivity index (χ0v) is 16.2. The van der Waals surface area contributed by atoms with E-state index >= 15 is 0 Å². The maximum atomic E-state index is 12.4. The summed E-state index contributed by atoms with van der Waals surface area (Å²) in [5, 5.41) is 9.32. The van der Waals surface area contributed by atoms with Gasteiger partial charge in [0.2, 0.25) is 5.91 Å². The molecule has 2 amide bonds. The van der Waals surface area contributed by atoms with Crippen molar-refractivity contribution in [3.05, 3.63) is 76.9 Å². The summed E-state index contributed by atoms with van der Waals surface area (Å²) in [6, 6.07) is 15.9. The highest BCUT2D eigenvalue weighted by molar-refractivity contribution is 6.31. The normalized spacial score (nSPS) is 10.2. The van der Waals surface area contributed by atoms with Crippen LogP contribution in [0.25, 0.3) is 0 Å². The van der Waals surface area contributed by atoms with Crippen LogP contribution in [0.5, 0.6) is 0 Å². The Morgan fingerprint density at radius 2 is 1.68 bits per heavy atom. The van der Waals surface area contributed by atoms with Gasteiger partial charge in [-0.2, -0.15) is 0 Å². The number of hydrogen-bond donors (Lipinski definition) is 3. The number of hydrogen-bond acceptors (Lipinski definition) is 4. The van der Waals surface area contributed by atoms with E-state index in [2.05, 4.69) is 20.9 Å². The fourth-order valence-electron chi connectivity index (χ4n) is 2.56. The standard InChI is InChI=1S/C21H19ClN4O2/c1-13-18(22)7-4-8-19(13)26-20-10-9-15(12-23-20)21(28)25-17-6-3-5-16(11-17)24-14(2)27/h3-12H,1-2H3,(H,23,26)(H,24,27)(H,25,28). The van der Waals surface area contributed by atoms with Crippen molar-refractivity contribution in [3.8, 4) is 0 Å². The van der Waals surface area contributed by atoms with Gasteiger partial charge in [-0.1, -0.05) is 23.7 Å². The smallest absolute Gasteiger partial charge is 0.257 e. The van der Waals surface area contributed by atoms with Crippen molar-refractivity contribution in [2.45, 2.75) is 13.8 Å². The summed E-state index contributed by atoms with van der Waals surface area (Å²) in [6.07, 6.45) is 1.50. The van der Waals surface area contributed by atoms with Gasteiger partial charge in [0.25, 0.3) is 5.91 Å². The van der Waals surface area contributed by atoms with E-state index in [9.17, 15) is 9.59 Å². The molecule has 3 rings (SSSR count). The van der Waals surface area contributed by atoms with Gasteiger partial charge in [0, 0.05) is 35.2 Å². The second-order valence-electron chi connectivity index (χ2n) is 6.19. The van der Waals surface area contributed by atoms with E-state index in [4.69, 9.17) is 11.6 Å². The molecule has 1 aromatic heterocycles. The minimum Gasteiger partial charge on any atom is -0.340 e. The summed E-state index contributed by atoms with van der Waals surface area (Å²) in [5.41, 5.74) is 3.38. The Bertz CT molecular complexity index is 1020. The Morgan fingerprint density at radius 1 is 0.964 bits per heavy atom. The summed E-state index contributed by atoms with van der Waals surface area (Å²) in [5.74, 6) is 0.137. The van der Waals surface area contributed by atoms with Crippen LogP contribution >= 0.6 is 11.6 Å². The molecular formula is C21H19ClN4O2. The zero-order chi connectivity index (χ0) is 20.1. The summed E-state index contributed by atoms with van der Waals surface area (Å²) in [6.45, 7) is 3.35. The lowest BCUT2D eigenvalue weighted by atomic mass is 10.2. The maximum absolute atomic E-state index is 12.4. The van der Waals surface area contributed by atoms with Crippen LogP contribution in [0.3, 0.4) is 0 Å². The predicted molar refractivity (Wildman–Crippen MR) is 112 cm³/mol. The topological polar surface area (TPSA) is 83.1 Å². The first-order chi connectivity index (χ1) is 13.4. The van der Waals surface area contributed by atoms with Crippen molar-refractivity contribution >= 4 is 46.3 Å². The monoisotopic (exact) mass is 394 g/mol. The van der Waals surface area contributed by atoms with Crippen molar-refractivity contribution in [1.29, 1.82) is 0 Å². The van der Waals surface area contributed by atoms with Gasteiger partial charge in [-0.15, -0.1) is 0 Å². The van der Waals surface area contributed by atoms with Crippen LogP contribution in [-0.2, 0) is 4.79 Å². The molecule has 0 radical (unpaired) electrons. The van der Waals surface area contributed by atoms with Crippen LogP contribution in [-0.4, -0.2) is 16.8 Å². The molecule has 2 aromatic carbocycles. The highest BCUT2D eigenvalue weighted by atomic mass is 35.5. The van der Waals surface area contributed by atoms with E-state index in [0.29, 0.717) is 27.8 Å². The van der Waals surface area contributed by atoms with Crippen LogP contribution in [0.1, 0.15) is 22.8 Å². The molecule has 0 saturated heterocycles. The lowest BCUT2D eigenvalue weighted by Gasteiger charge is -2.11. The Labute approximate surface area is 168 Å². The van der Waals surface area contributed by atoms with E-state index in [1.54, 1.807) is 36.4 Å². The second kappa shape index (κ2) is 8.54. The number of halogens is 1. The van der Waals surface area contributed by atoms with Gasteiger partial charge in [-0.3, -0.25) is 9.59 Å². The molecule has 7 heteroatoms. The number of nitrogens with zero attached hydrogens (tertiary/aromatic N) is 1. The van der Waals surface area contributed by atoms with E-state index in [-0.39, 0.29) is 11.8 Å². The van der Waals surface area contributed by atoms with Crippen LogP contribution < -0.4 is 16.0 Å². The van der Waals surface area contributed by atoms with Crippen LogP contribution in [0, 0.1) is 6.92 Å². The Balaban J connectivity index is 1.68. The molecule has 3 N–H and O–H groups in total. The number of benzene rings is 2. The molecular weight excluding hydrogens is 376 g/mol. The summed E-state index contributed by atoms with van der Waals surface area (Å²) < 4.78 is 0. The maximum Gasteiger partial charge on any atom is 0.257 e. The third-order valence-corrected chi connectivity index (χ3v) is 4.41. The Morgan fingerprint density at radius 3 is 2.36 bits per heavy atom. The number of anilines is 4. The first-order valence-electron chi connectivity index (χ1n) is 8.59. The predicted octanol–water partition coefficient (Wildman–Crippen LogP) is 5.00. The van der Waals surface area contributed by atoms with Gasteiger partial charge < -0.3 is 16.0 Å². The van der Waals surface area contributed by atoms with Gasteiger partial charge in [-0.05, 0) is 55.0 Å². The SMILES string of the molecule is CC(=O)Nc1cccc(NC(=O)c2ccc(Nc3cccc(Cl)c3C)nc2)c1. The van der Waals surface area contributed by atoms with Crippen LogP contribution in [0.15, 0.2) is 60.8 Å². The fourth-order valence-corrected chi connectivity index (χ4v) is 2.74. The average Bonchev–Trinajstić information content (AvgIpc) is 2.66. The average molecular weight is 395 g/mol. The van der Waals surface area contributed by atoms with Gasteiger partial charge in [0.15, 0.2) is 0 Å². The third kappa shape index (κ3) is 4.86. The summed E-state index contributed by atoms with van der Waals surface area (Å²) in [4.78, 5) is 27.9. The van der Waals surface area contributed by atoms with Gasteiger partial charge in [0.05, 0.1) is 5.56 Å². The highest BCUT2D eigenvalue weighted by Gasteiger charge is 2.09. The minimum atomic E-state index is -0.294. The van der Waals surface area contributed by atoms with E-state index in [0.717, 1.165) is 11.3 Å². The van der Waals surface area contributed by atoms with Gasteiger partial charge in [0.1, 0.15) is 5.82 Å². The number of rotatable bonds is 5. The van der Waals surface area contributed by atoms with Crippen molar-refractivity contribution < 1.29 is 9.59 Å². The van der Waals surface area contributed by atoms with Gasteiger partial charge >= 0.3 is 0 Å². The Kier molecular flexibility index (Phi) is 5.91. The molecule has 1 heterocycles. The summed E-state index contributed by atoms with van der Waals surface area (Å²) in [7, 11) is 0. The Hall–Kier alpha value is -3.38. The minimum absolute atomic E-state index is 0.175. The first-order valence-corrected chi connectivity index (χ1v) is 8.97. The van der Waals surface area contributed by atoms with Crippen molar-refractivity contribution in [2.75, 3.05) is 16.0 Å². The highest BCUT2D eigenvalue weighted by Crippen LogP contribution is 2.25. The molecule has 0 aliphatic heterocycles. The second-order valence-corrected chi connectivity index (χ2v) is 6.59. The molecule has 0 fully saturated rings. The molecule has 28 heavy (non-hydrogen) atoms.